The Morgan fingerprint density at radius 1 is 1.06 bits per heavy atom. The van der Waals surface area contributed by atoms with E-state index in [1.54, 1.807) is 6.07 Å². The Bertz CT molecular complexity index is 1310. The van der Waals surface area contributed by atoms with Crippen molar-refractivity contribution in [2.75, 3.05) is 13.3 Å². The maximum atomic E-state index is 13.8. The zero-order valence-electron chi connectivity index (χ0n) is 17.5. The van der Waals surface area contributed by atoms with Crippen LogP contribution in [0.2, 0.25) is 0 Å². The summed E-state index contributed by atoms with van der Waals surface area (Å²) in [6.45, 7) is 3.91. The van der Waals surface area contributed by atoms with Gasteiger partial charge in [0.15, 0.2) is 17.4 Å². The van der Waals surface area contributed by atoms with E-state index in [0.29, 0.717) is 33.7 Å². The quantitative estimate of drug-likeness (QED) is 0.375. The molecule has 0 saturated heterocycles. The van der Waals surface area contributed by atoms with Gasteiger partial charge in [-0.2, -0.15) is 0 Å². The molecule has 0 saturated carbocycles. The van der Waals surface area contributed by atoms with Crippen molar-refractivity contribution in [2.45, 2.75) is 13.5 Å². The van der Waals surface area contributed by atoms with Gasteiger partial charge in [0.2, 0.25) is 6.79 Å². The number of hydrogen-bond acceptors (Lipinski definition) is 5. The summed E-state index contributed by atoms with van der Waals surface area (Å²) in [5.41, 5.74) is 4.15. The summed E-state index contributed by atoms with van der Waals surface area (Å²) in [7, 11) is 0. The number of H-pyrrole nitrogens is 1. The van der Waals surface area contributed by atoms with Crippen molar-refractivity contribution in [3.63, 3.8) is 0 Å². The minimum Gasteiger partial charge on any atom is -0.494 e. The topological polar surface area (TPSA) is 78.9 Å². The molecule has 32 heavy (non-hydrogen) atoms. The van der Waals surface area contributed by atoms with Crippen molar-refractivity contribution in [1.29, 1.82) is 0 Å². The van der Waals surface area contributed by atoms with Gasteiger partial charge in [0, 0.05) is 17.5 Å². The van der Waals surface area contributed by atoms with Crippen molar-refractivity contribution in [3.8, 4) is 17.4 Å². The van der Waals surface area contributed by atoms with Gasteiger partial charge >= 0.3 is 0 Å². The Morgan fingerprint density at radius 3 is 2.69 bits per heavy atom. The number of aromatic amines is 1. The largest absolute Gasteiger partial charge is 0.494 e. The highest BCUT2D eigenvalue weighted by atomic mass is 19.1. The van der Waals surface area contributed by atoms with E-state index in [9.17, 15) is 9.50 Å². The lowest BCUT2D eigenvalue weighted by Gasteiger charge is -2.09. The number of halogens is 1. The summed E-state index contributed by atoms with van der Waals surface area (Å²) in [6.07, 6.45) is 0. The molecular formula is C25H22FN3O3. The zero-order chi connectivity index (χ0) is 22.1. The number of benzene rings is 3. The molecule has 0 bridgehead atoms. The fraction of sp³-hybridized carbons (Fsp3) is 0.160. The molecule has 6 nitrogen and oxygen atoms in total. The molecule has 3 aromatic carbocycles. The minimum atomic E-state index is -0.386. The number of fused-ring (bicyclic) bond motifs is 2. The highest BCUT2D eigenvalue weighted by Crippen LogP contribution is 2.36. The van der Waals surface area contributed by atoms with Crippen molar-refractivity contribution in [3.05, 3.63) is 83.2 Å². The summed E-state index contributed by atoms with van der Waals surface area (Å²) < 4.78 is 24.7. The van der Waals surface area contributed by atoms with Crippen LogP contribution in [0.15, 0.2) is 65.7 Å². The van der Waals surface area contributed by atoms with Crippen LogP contribution in [-0.4, -0.2) is 29.1 Å². The van der Waals surface area contributed by atoms with Crippen LogP contribution in [0, 0.1) is 5.82 Å². The zero-order valence-corrected chi connectivity index (χ0v) is 17.5. The normalized spacial score (nSPS) is 13.1. The first kappa shape index (κ1) is 20.1. The third-order valence-corrected chi connectivity index (χ3v) is 5.38. The highest BCUT2D eigenvalue weighted by molar-refractivity contribution is 6.22. The molecule has 0 atom stereocenters. The summed E-state index contributed by atoms with van der Waals surface area (Å²) in [4.78, 5) is 7.74. The molecule has 0 amide bonds. The molecule has 5 rings (SSSR count). The Morgan fingerprint density at radius 2 is 1.88 bits per heavy atom. The van der Waals surface area contributed by atoms with Gasteiger partial charge in [-0.05, 0) is 60.6 Å². The van der Waals surface area contributed by atoms with Gasteiger partial charge in [-0.3, -0.25) is 0 Å². The minimum absolute atomic E-state index is 0.0780. The first-order valence-corrected chi connectivity index (χ1v) is 10.4. The lowest BCUT2D eigenvalue weighted by Crippen LogP contribution is -2.11. The van der Waals surface area contributed by atoms with E-state index in [0.717, 1.165) is 29.9 Å². The predicted octanol–water partition coefficient (Wildman–Crippen LogP) is 5.02. The van der Waals surface area contributed by atoms with Gasteiger partial charge in [0.05, 0.1) is 22.5 Å². The van der Waals surface area contributed by atoms with E-state index in [4.69, 9.17) is 14.5 Å². The fourth-order valence-electron chi connectivity index (χ4n) is 3.79. The summed E-state index contributed by atoms with van der Waals surface area (Å²) in [6, 6.07) is 17.8. The maximum absolute atomic E-state index is 13.8. The maximum Gasteiger partial charge on any atom is 0.231 e. The number of aromatic hydroxyl groups is 1. The van der Waals surface area contributed by atoms with Crippen molar-refractivity contribution in [2.24, 2.45) is 4.99 Å². The monoisotopic (exact) mass is 431 g/mol. The van der Waals surface area contributed by atoms with Gasteiger partial charge in [-0.25, -0.2) is 9.38 Å². The van der Waals surface area contributed by atoms with Crippen LogP contribution in [-0.2, 0) is 6.54 Å². The Labute approximate surface area is 184 Å². The third-order valence-electron chi connectivity index (χ3n) is 5.38. The third kappa shape index (κ3) is 3.78. The molecule has 0 aliphatic carbocycles. The van der Waals surface area contributed by atoms with Crippen LogP contribution < -0.4 is 14.8 Å². The molecule has 1 aromatic heterocycles. The molecule has 0 fully saturated rings. The van der Waals surface area contributed by atoms with Gasteiger partial charge in [-0.15, -0.1) is 0 Å². The molecule has 162 valence electrons. The number of nitrogens with one attached hydrogen (secondary N) is 2. The molecular weight excluding hydrogens is 409 g/mol. The van der Waals surface area contributed by atoms with E-state index in [1.807, 2.05) is 42.5 Å². The van der Waals surface area contributed by atoms with Crippen molar-refractivity contribution in [1.82, 2.24) is 10.3 Å². The molecule has 0 radical (unpaired) electrons. The SMILES string of the molecule is CCNCc1ccc(N=C(c2ccc3c(c2)OCO3)c2c(O)[nH]c3cc(F)ccc23)cc1. The van der Waals surface area contributed by atoms with E-state index >= 15 is 0 Å². The van der Waals surface area contributed by atoms with Crippen LogP contribution in [0.4, 0.5) is 10.1 Å². The van der Waals surface area contributed by atoms with Crippen LogP contribution >= 0.6 is 0 Å². The second-order valence-electron chi connectivity index (χ2n) is 7.51. The van der Waals surface area contributed by atoms with E-state index in [2.05, 4.69) is 17.2 Å². The Balaban J connectivity index is 1.65. The Kier molecular flexibility index (Phi) is 5.25. The lowest BCUT2D eigenvalue weighted by molar-refractivity contribution is 0.174. The first-order chi connectivity index (χ1) is 15.6. The number of aliphatic imine (C=N–C) groups is 1. The second-order valence-corrected chi connectivity index (χ2v) is 7.51. The number of ether oxygens (including phenoxy) is 2. The standard InChI is InChI=1S/C25H22FN3O3/c1-2-27-13-15-3-7-18(8-4-15)28-24(16-5-10-21-22(11-16)32-14-31-21)23-19-9-6-17(26)12-20(19)29-25(23)30/h3-12,27,29-30H,2,13-14H2,1H3. The fourth-order valence-corrected chi connectivity index (χ4v) is 3.79. The smallest absolute Gasteiger partial charge is 0.231 e. The van der Waals surface area contributed by atoms with Crippen LogP contribution in [0.3, 0.4) is 0 Å². The summed E-state index contributed by atoms with van der Waals surface area (Å²) in [5.74, 6) is 0.807. The van der Waals surface area contributed by atoms with E-state index in [-0.39, 0.29) is 18.5 Å². The van der Waals surface area contributed by atoms with Crippen LogP contribution in [0.25, 0.3) is 10.9 Å². The van der Waals surface area contributed by atoms with Gasteiger partial charge < -0.3 is 24.9 Å². The number of hydrogen-bond donors (Lipinski definition) is 3. The molecule has 2 heterocycles. The predicted molar refractivity (Wildman–Crippen MR) is 122 cm³/mol. The van der Waals surface area contributed by atoms with E-state index in [1.165, 1.54) is 12.1 Å². The van der Waals surface area contributed by atoms with Crippen LogP contribution in [0.5, 0.6) is 17.4 Å². The summed E-state index contributed by atoms with van der Waals surface area (Å²) in [5, 5.41) is 14.7. The molecule has 0 spiro atoms. The van der Waals surface area contributed by atoms with Crippen LogP contribution in [0.1, 0.15) is 23.6 Å². The number of aromatic nitrogens is 1. The Hall–Kier alpha value is -3.84. The number of rotatable bonds is 6. The van der Waals surface area contributed by atoms with Gasteiger partial charge in [0.25, 0.3) is 0 Å². The molecule has 3 N–H and O–H groups in total. The van der Waals surface area contributed by atoms with Gasteiger partial charge in [-0.1, -0.05) is 19.1 Å². The molecule has 7 heteroatoms. The first-order valence-electron chi connectivity index (χ1n) is 10.4. The van der Waals surface area contributed by atoms with Crippen molar-refractivity contribution >= 4 is 22.3 Å². The van der Waals surface area contributed by atoms with E-state index < -0.39 is 0 Å². The number of nitrogens with zero attached hydrogens (tertiary/aromatic N) is 1. The molecule has 0 unspecified atom stereocenters. The molecule has 1 aliphatic heterocycles. The molecule has 4 aromatic rings. The average molecular weight is 431 g/mol. The summed E-state index contributed by atoms with van der Waals surface area (Å²) >= 11 is 0. The average Bonchev–Trinajstić information content (AvgIpc) is 3.39. The second kappa shape index (κ2) is 8.36. The van der Waals surface area contributed by atoms with Gasteiger partial charge in [0.1, 0.15) is 5.82 Å². The lowest BCUT2D eigenvalue weighted by atomic mass is 10.00. The highest BCUT2D eigenvalue weighted by Gasteiger charge is 2.22. The molecule has 1 aliphatic rings. The van der Waals surface area contributed by atoms with Crippen molar-refractivity contribution < 1.29 is 19.0 Å².